The Kier molecular flexibility index (Phi) is 4.65. The molecule has 0 N–H and O–H groups in total. The lowest BCUT2D eigenvalue weighted by Gasteiger charge is -2.23. The minimum absolute atomic E-state index is 0.248. The van der Waals surface area contributed by atoms with Crippen LogP contribution < -0.4 is 0 Å². The van der Waals surface area contributed by atoms with Gasteiger partial charge >= 0.3 is 0 Å². The lowest BCUT2D eigenvalue weighted by molar-refractivity contribution is 0.351. The van der Waals surface area contributed by atoms with Crippen LogP contribution in [0, 0.1) is 11.8 Å². The molecule has 15 heavy (non-hydrogen) atoms. The second kappa shape index (κ2) is 5.55. The van der Waals surface area contributed by atoms with E-state index in [2.05, 4.69) is 31.9 Å². The zero-order valence-electron chi connectivity index (χ0n) is 10.1. The zero-order chi connectivity index (χ0) is 11.4. The van der Waals surface area contributed by atoms with Gasteiger partial charge in [-0.05, 0) is 37.7 Å². The molecule has 3 heteroatoms. The van der Waals surface area contributed by atoms with Crippen molar-refractivity contribution in [3.05, 3.63) is 18.0 Å². The highest BCUT2D eigenvalue weighted by Gasteiger charge is 2.19. The normalized spacial score (nSPS) is 15.6. The summed E-state index contributed by atoms with van der Waals surface area (Å²) >= 11 is 6.20. The van der Waals surface area contributed by atoms with Gasteiger partial charge in [-0.25, -0.2) is 0 Å². The summed E-state index contributed by atoms with van der Waals surface area (Å²) in [6, 6.07) is 2.08. The molecule has 0 radical (unpaired) electrons. The number of alkyl halides is 1. The van der Waals surface area contributed by atoms with Gasteiger partial charge < -0.3 is 0 Å². The fourth-order valence-corrected chi connectivity index (χ4v) is 2.47. The molecule has 86 valence electrons. The molecule has 1 aromatic rings. The summed E-state index contributed by atoms with van der Waals surface area (Å²) in [5.74, 6) is 1.23. The molecule has 0 amide bonds. The lowest BCUT2D eigenvalue weighted by atomic mass is 9.88. The molecular formula is C12H21ClN2. The fraction of sp³-hybridized carbons (Fsp3) is 0.750. The molecule has 1 heterocycles. The summed E-state index contributed by atoms with van der Waals surface area (Å²) in [6.45, 7) is 6.58. The van der Waals surface area contributed by atoms with Crippen LogP contribution >= 0.6 is 11.6 Å². The molecule has 0 aliphatic carbocycles. The highest BCUT2D eigenvalue weighted by Crippen LogP contribution is 2.24. The van der Waals surface area contributed by atoms with Crippen molar-refractivity contribution >= 4 is 11.6 Å². The average molecular weight is 229 g/mol. The van der Waals surface area contributed by atoms with Crippen molar-refractivity contribution in [1.29, 1.82) is 0 Å². The molecule has 0 aliphatic rings. The van der Waals surface area contributed by atoms with Crippen molar-refractivity contribution in [3.63, 3.8) is 0 Å². The number of aromatic nitrogens is 2. The summed E-state index contributed by atoms with van der Waals surface area (Å²) in [6.07, 6.45) is 4.06. The van der Waals surface area contributed by atoms with Crippen molar-refractivity contribution < 1.29 is 0 Å². The summed E-state index contributed by atoms with van der Waals surface area (Å²) in [7, 11) is 1.99. The third-order valence-corrected chi connectivity index (χ3v) is 3.43. The van der Waals surface area contributed by atoms with Crippen molar-refractivity contribution in [3.8, 4) is 0 Å². The molecule has 2 atom stereocenters. The van der Waals surface area contributed by atoms with E-state index in [1.807, 2.05) is 17.9 Å². The average Bonchev–Trinajstić information content (AvgIpc) is 2.51. The smallest absolute Gasteiger partial charge is 0.0492 e. The SMILES string of the molecule is CC(C)C(CCc1ccnn1C)C(C)Cl. The zero-order valence-corrected chi connectivity index (χ0v) is 10.8. The molecule has 0 bridgehead atoms. The molecule has 0 saturated heterocycles. The van der Waals surface area contributed by atoms with Gasteiger partial charge in [0, 0.05) is 24.3 Å². The lowest BCUT2D eigenvalue weighted by Crippen LogP contribution is -2.19. The third kappa shape index (κ3) is 3.53. The van der Waals surface area contributed by atoms with Crippen molar-refractivity contribution in [1.82, 2.24) is 9.78 Å². The Morgan fingerprint density at radius 3 is 2.47 bits per heavy atom. The molecule has 1 rings (SSSR count). The van der Waals surface area contributed by atoms with Gasteiger partial charge in [0.1, 0.15) is 0 Å². The van der Waals surface area contributed by atoms with Crippen LogP contribution in [0.5, 0.6) is 0 Å². The van der Waals surface area contributed by atoms with Crippen LogP contribution in [0.15, 0.2) is 12.3 Å². The Morgan fingerprint density at radius 2 is 2.07 bits per heavy atom. The first-order chi connectivity index (χ1) is 7.02. The van der Waals surface area contributed by atoms with E-state index >= 15 is 0 Å². The van der Waals surface area contributed by atoms with E-state index < -0.39 is 0 Å². The number of hydrogen-bond acceptors (Lipinski definition) is 1. The predicted octanol–water partition coefficient (Wildman–Crippen LogP) is 3.25. The first kappa shape index (κ1) is 12.6. The number of rotatable bonds is 5. The minimum Gasteiger partial charge on any atom is -0.273 e. The minimum atomic E-state index is 0.248. The standard InChI is InChI=1S/C12H21ClN2/c1-9(2)12(10(3)13)6-5-11-7-8-14-15(11)4/h7-10,12H,5-6H2,1-4H3. The third-order valence-electron chi connectivity index (χ3n) is 3.10. The van der Waals surface area contributed by atoms with Crippen molar-refractivity contribution in [2.45, 2.75) is 39.0 Å². The van der Waals surface area contributed by atoms with Crippen molar-refractivity contribution in [2.75, 3.05) is 0 Å². The largest absolute Gasteiger partial charge is 0.273 e. The van der Waals surface area contributed by atoms with Gasteiger partial charge in [-0.1, -0.05) is 13.8 Å². The Labute approximate surface area is 97.6 Å². The summed E-state index contributed by atoms with van der Waals surface area (Å²) in [5, 5.41) is 4.42. The van der Waals surface area contributed by atoms with Gasteiger partial charge in [0.05, 0.1) is 0 Å². The maximum atomic E-state index is 6.20. The summed E-state index contributed by atoms with van der Waals surface area (Å²) < 4.78 is 1.94. The molecule has 0 aliphatic heterocycles. The molecule has 2 unspecified atom stereocenters. The molecule has 2 nitrogen and oxygen atoms in total. The summed E-state index contributed by atoms with van der Waals surface area (Å²) in [5.41, 5.74) is 1.29. The van der Waals surface area contributed by atoms with Gasteiger partial charge in [0.25, 0.3) is 0 Å². The molecular weight excluding hydrogens is 208 g/mol. The number of aryl methyl sites for hydroxylation is 2. The van der Waals surface area contributed by atoms with E-state index in [-0.39, 0.29) is 5.38 Å². The first-order valence-corrected chi connectivity index (χ1v) is 6.07. The number of halogens is 1. The Balaban J connectivity index is 2.51. The van der Waals surface area contributed by atoms with Gasteiger partial charge in [0.2, 0.25) is 0 Å². The van der Waals surface area contributed by atoms with Crippen LogP contribution in [0.1, 0.15) is 32.9 Å². The maximum Gasteiger partial charge on any atom is 0.0492 e. The number of hydrogen-bond donors (Lipinski definition) is 0. The van der Waals surface area contributed by atoms with Gasteiger partial charge in [0.15, 0.2) is 0 Å². The molecule has 0 fully saturated rings. The Hall–Kier alpha value is -0.500. The monoisotopic (exact) mass is 228 g/mol. The summed E-state index contributed by atoms with van der Waals surface area (Å²) in [4.78, 5) is 0. The first-order valence-electron chi connectivity index (χ1n) is 5.63. The Morgan fingerprint density at radius 1 is 1.40 bits per heavy atom. The van der Waals surface area contributed by atoms with E-state index in [4.69, 9.17) is 11.6 Å². The van der Waals surface area contributed by atoms with E-state index in [9.17, 15) is 0 Å². The van der Waals surface area contributed by atoms with Gasteiger partial charge in [-0.15, -0.1) is 11.6 Å². The fourth-order valence-electron chi connectivity index (χ4n) is 2.05. The van der Waals surface area contributed by atoms with Gasteiger partial charge in [-0.3, -0.25) is 4.68 Å². The highest BCUT2D eigenvalue weighted by atomic mass is 35.5. The van der Waals surface area contributed by atoms with Crippen LogP contribution in [0.4, 0.5) is 0 Å². The molecule has 0 aromatic carbocycles. The number of nitrogens with zero attached hydrogens (tertiary/aromatic N) is 2. The maximum absolute atomic E-state index is 6.20. The Bertz CT molecular complexity index is 284. The van der Waals surface area contributed by atoms with E-state index in [0.717, 1.165) is 12.8 Å². The van der Waals surface area contributed by atoms with Crippen LogP contribution in [0.2, 0.25) is 0 Å². The topological polar surface area (TPSA) is 17.8 Å². The van der Waals surface area contributed by atoms with Crippen LogP contribution in [0.3, 0.4) is 0 Å². The quantitative estimate of drug-likeness (QED) is 0.708. The molecule has 0 spiro atoms. The second-order valence-corrected chi connectivity index (χ2v) is 5.26. The van der Waals surface area contributed by atoms with Crippen LogP contribution in [-0.2, 0) is 13.5 Å². The predicted molar refractivity (Wildman–Crippen MR) is 65.2 cm³/mol. The second-order valence-electron chi connectivity index (χ2n) is 4.57. The highest BCUT2D eigenvalue weighted by molar-refractivity contribution is 6.20. The van der Waals surface area contributed by atoms with Crippen molar-refractivity contribution in [2.24, 2.45) is 18.9 Å². The van der Waals surface area contributed by atoms with E-state index in [1.54, 1.807) is 0 Å². The van der Waals surface area contributed by atoms with E-state index in [1.165, 1.54) is 5.69 Å². The van der Waals surface area contributed by atoms with Crippen LogP contribution in [0.25, 0.3) is 0 Å². The van der Waals surface area contributed by atoms with Crippen LogP contribution in [-0.4, -0.2) is 15.2 Å². The molecule has 1 aromatic heterocycles. The van der Waals surface area contributed by atoms with Gasteiger partial charge in [-0.2, -0.15) is 5.10 Å². The molecule has 0 saturated carbocycles. The van der Waals surface area contributed by atoms with E-state index in [0.29, 0.717) is 11.8 Å².